The molecule has 0 atom stereocenters. The highest BCUT2D eigenvalue weighted by molar-refractivity contribution is 7.99. The standard InChI is InChI=1S/C19H26ClN5O2S/c1-19(11-21)7-9-25(10-8-19)18-23-16(22)15(17(26)24(18)2)28-13-6-4-5-12(27-3)14(13)20/h4-6H,7-11,21-22H2,1-3H3. The lowest BCUT2D eigenvalue weighted by atomic mass is 9.81. The largest absolute Gasteiger partial charge is 0.495 e. The number of rotatable bonds is 5. The Kier molecular flexibility index (Phi) is 6.12. The summed E-state index contributed by atoms with van der Waals surface area (Å²) >= 11 is 7.56. The van der Waals surface area contributed by atoms with E-state index in [1.54, 1.807) is 24.8 Å². The van der Waals surface area contributed by atoms with Gasteiger partial charge in [0.15, 0.2) is 0 Å². The number of piperidine rings is 1. The van der Waals surface area contributed by atoms with Crippen molar-refractivity contribution in [3.05, 3.63) is 33.6 Å². The Morgan fingerprint density at radius 2 is 2.04 bits per heavy atom. The average molecular weight is 424 g/mol. The first kappa shape index (κ1) is 20.8. The fourth-order valence-corrected chi connectivity index (χ4v) is 4.50. The van der Waals surface area contributed by atoms with Gasteiger partial charge in [-0.15, -0.1) is 0 Å². The van der Waals surface area contributed by atoms with Gasteiger partial charge in [0.1, 0.15) is 16.5 Å². The molecule has 4 N–H and O–H groups in total. The number of anilines is 2. The van der Waals surface area contributed by atoms with E-state index in [1.807, 2.05) is 12.1 Å². The lowest BCUT2D eigenvalue weighted by molar-refractivity contribution is 0.256. The highest BCUT2D eigenvalue weighted by Gasteiger charge is 2.30. The van der Waals surface area contributed by atoms with Gasteiger partial charge in [-0.3, -0.25) is 9.36 Å². The van der Waals surface area contributed by atoms with Crippen molar-refractivity contribution in [3.8, 4) is 5.75 Å². The van der Waals surface area contributed by atoms with Crippen molar-refractivity contribution in [1.82, 2.24) is 9.55 Å². The summed E-state index contributed by atoms with van der Waals surface area (Å²) in [6, 6.07) is 5.40. The molecule has 1 aliphatic rings. The Morgan fingerprint density at radius 1 is 1.36 bits per heavy atom. The first-order valence-corrected chi connectivity index (χ1v) is 10.3. The van der Waals surface area contributed by atoms with E-state index in [-0.39, 0.29) is 16.8 Å². The molecule has 0 bridgehead atoms. The molecule has 0 aliphatic carbocycles. The molecular formula is C19H26ClN5O2S. The highest BCUT2D eigenvalue weighted by atomic mass is 35.5. The molecule has 152 valence electrons. The Labute approximate surface area is 174 Å². The predicted octanol–water partition coefficient (Wildman–Crippen LogP) is 2.74. The molecule has 0 unspecified atom stereocenters. The lowest BCUT2D eigenvalue weighted by Crippen LogP contribution is -2.44. The summed E-state index contributed by atoms with van der Waals surface area (Å²) in [6.45, 7) is 4.44. The second-order valence-electron chi connectivity index (χ2n) is 7.37. The molecule has 2 heterocycles. The molecule has 28 heavy (non-hydrogen) atoms. The monoisotopic (exact) mass is 423 g/mol. The topological polar surface area (TPSA) is 99.4 Å². The summed E-state index contributed by atoms with van der Waals surface area (Å²) < 4.78 is 6.79. The maximum atomic E-state index is 13.0. The molecule has 0 saturated carbocycles. The van der Waals surface area contributed by atoms with E-state index >= 15 is 0 Å². The number of hydrogen-bond donors (Lipinski definition) is 2. The maximum Gasteiger partial charge on any atom is 0.270 e. The van der Waals surface area contributed by atoms with E-state index < -0.39 is 0 Å². The average Bonchev–Trinajstić information content (AvgIpc) is 2.70. The third-order valence-corrected chi connectivity index (χ3v) is 7.01. The molecule has 1 saturated heterocycles. The molecule has 1 fully saturated rings. The van der Waals surface area contributed by atoms with Crippen LogP contribution >= 0.6 is 23.4 Å². The van der Waals surface area contributed by atoms with Gasteiger partial charge in [-0.05, 0) is 36.9 Å². The van der Waals surface area contributed by atoms with Gasteiger partial charge in [-0.1, -0.05) is 36.4 Å². The Bertz CT molecular complexity index is 925. The molecule has 1 aromatic carbocycles. The van der Waals surface area contributed by atoms with Crippen molar-refractivity contribution in [3.63, 3.8) is 0 Å². The van der Waals surface area contributed by atoms with Crippen LogP contribution in [-0.4, -0.2) is 36.3 Å². The van der Waals surface area contributed by atoms with Crippen LogP contribution in [0.15, 0.2) is 32.8 Å². The van der Waals surface area contributed by atoms with Crippen molar-refractivity contribution in [2.24, 2.45) is 18.2 Å². The normalized spacial score (nSPS) is 16.2. The molecule has 0 amide bonds. The van der Waals surface area contributed by atoms with E-state index in [4.69, 9.17) is 27.8 Å². The van der Waals surface area contributed by atoms with Gasteiger partial charge < -0.3 is 21.1 Å². The van der Waals surface area contributed by atoms with Gasteiger partial charge in [0.25, 0.3) is 5.56 Å². The predicted molar refractivity (Wildman–Crippen MR) is 115 cm³/mol. The molecule has 0 radical (unpaired) electrons. The van der Waals surface area contributed by atoms with Crippen LogP contribution in [0.25, 0.3) is 0 Å². The van der Waals surface area contributed by atoms with Crippen LogP contribution in [0.1, 0.15) is 19.8 Å². The third kappa shape index (κ3) is 3.94. The summed E-state index contributed by atoms with van der Waals surface area (Å²) in [6.07, 6.45) is 1.91. The number of halogens is 1. The summed E-state index contributed by atoms with van der Waals surface area (Å²) in [5.41, 5.74) is 12.0. The first-order valence-electron chi connectivity index (χ1n) is 9.11. The van der Waals surface area contributed by atoms with Crippen molar-refractivity contribution in [2.75, 3.05) is 37.4 Å². The number of benzene rings is 1. The minimum Gasteiger partial charge on any atom is -0.495 e. The number of ether oxygens (including phenoxy) is 1. The molecule has 2 aromatic rings. The number of methoxy groups -OCH3 is 1. The van der Waals surface area contributed by atoms with E-state index in [9.17, 15) is 4.79 Å². The van der Waals surface area contributed by atoms with Gasteiger partial charge in [0, 0.05) is 25.0 Å². The zero-order valence-electron chi connectivity index (χ0n) is 16.4. The number of nitrogens with zero attached hydrogens (tertiary/aromatic N) is 3. The second-order valence-corrected chi connectivity index (χ2v) is 8.80. The SMILES string of the molecule is COc1cccc(Sc2c(N)nc(N3CCC(C)(CN)CC3)n(C)c2=O)c1Cl. The lowest BCUT2D eigenvalue weighted by Gasteiger charge is -2.39. The summed E-state index contributed by atoms with van der Waals surface area (Å²) in [7, 11) is 3.27. The van der Waals surface area contributed by atoms with Crippen LogP contribution in [0, 0.1) is 5.41 Å². The molecule has 1 aliphatic heterocycles. The smallest absolute Gasteiger partial charge is 0.270 e. The van der Waals surface area contributed by atoms with Crippen LogP contribution < -0.4 is 26.7 Å². The summed E-state index contributed by atoms with van der Waals surface area (Å²) in [4.78, 5) is 20.7. The molecule has 7 nitrogen and oxygen atoms in total. The van der Waals surface area contributed by atoms with Gasteiger partial charge >= 0.3 is 0 Å². The third-order valence-electron chi connectivity index (χ3n) is 5.36. The number of nitrogens with two attached hydrogens (primary N) is 2. The van der Waals surface area contributed by atoms with Crippen molar-refractivity contribution in [1.29, 1.82) is 0 Å². The highest BCUT2D eigenvalue weighted by Crippen LogP contribution is 2.39. The summed E-state index contributed by atoms with van der Waals surface area (Å²) in [5.74, 6) is 1.33. The fourth-order valence-electron chi connectivity index (χ4n) is 3.25. The molecular weight excluding hydrogens is 398 g/mol. The van der Waals surface area contributed by atoms with Crippen LogP contribution in [0.2, 0.25) is 5.02 Å². The van der Waals surface area contributed by atoms with Crippen molar-refractivity contribution >= 4 is 35.1 Å². The van der Waals surface area contributed by atoms with E-state index in [0.29, 0.717) is 33.1 Å². The van der Waals surface area contributed by atoms with E-state index in [2.05, 4.69) is 16.8 Å². The van der Waals surface area contributed by atoms with Gasteiger partial charge in [0.05, 0.1) is 12.1 Å². The van der Waals surface area contributed by atoms with Gasteiger partial charge in [-0.25, -0.2) is 0 Å². The van der Waals surface area contributed by atoms with Crippen LogP contribution in [0.4, 0.5) is 11.8 Å². The van der Waals surface area contributed by atoms with Gasteiger partial charge in [-0.2, -0.15) is 4.98 Å². The van der Waals surface area contributed by atoms with Crippen molar-refractivity contribution < 1.29 is 4.74 Å². The first-order chi connectivity index (χ1) is 13.3. The Hall–Kier alpha value is -1.90. The quantitative estimate of drug-likeness (QED) is 0.762. The Morgan fingerprint density at radius 3 is 2.64 bits per heavy atom. The molecule has 9 heteroatoms. The van der Waals surface area contributed by atoms with E-state index in [1.165, 1.54) is 11.8 Å². The molecule has 1 aromatic heterocycles. The van der Waals surface area contributed by atoms with Crippen LogP contribution in [0.5, 0.6) is 5.75 Å². The molecule has 0 spiro atoms. The number of hydrogen-bond acceptors (Lipinski definition) is 7. The Balaban J connectivity index is 1.91. The zero-order valence-corrected chi connectivity index (χ0v) is 17.9. The maximum absolute atomic E-state index is 13.0. The van der Waals surface area contributed by atoms with Crippen molar-refractivity contribution in [2.45, 2.75) is 29.6 Å². The summed E-state index contributed by atoms with van der Waals surface area (Å²) in [5, 5.41) is 0.442. The number of nitrogen functional groups attached to an aromatic ring is 1. The van der Waals surface area contributed by atoms with E-state index in [0.717, 1.165) is 25.9 Å². The fraction of sp³-hybridized carbons (Fsp3) is 0.474. The molecule has 3 rings (SSSR count). The second kappa shape index (κ2) is 8.23. The minimum atomic E-state index is -0.196. The minimum absolute atomic E-state index is 0.139. The van der Waals surface area contributed by atoms with Crippen LogP contribution in [-0.2, 0) is 7.05 Å². The van der Waals surface area contributed by atoms with Crippen LogP contribution in [0.3, 0.4) is 0 Å². The number of aromatic nitrogens is 2. The zero-order chi connectivity index (χ0) is 20.5. The van der Waals surface area contributed by atoms with Gasteiger partial charge in [0.2, 0.25) is 5.95 Å².